The predicted octanol–water partition coefficient (Wildman–Crippen LogP) is 3.83. The summed E-state index contributed by atoms with van der Waals surface area (Å²) in [5, 5.41) is 2.85. The van der Waals surface area contributed by atoms with Crippen molar-refractivity contribution >= 4 is 21.7 Å². The van der Waals surface area contributed by atoms with E-state index < -0.39 is 0 Å². The molecule has 1 aromatic heterocycles. The van der Waals surface area contributed by atoms with Gasteiger partial charge in [0, 0.05) is 12.0 Å². The van der Waals surface area contributed by atoms with E-state index in [1.807, 2.05) is 36.4 Å². The fraction of sp³-hybridized carbons (Fsp3) is 0.235. The molecule has 2 nitrogen and oxygen atoms in total. The van der Waals surface area contributed by atoms with Crippen LogP contribution >= 0.6 is 0 Å². The number of rotatable bonds is 0. The molecule has 0 aliphatic heterocycles. The van der Waals surface area contributed by atoms with Crippen molar-refractivity contribution in [3.63, 3.8) is 0 Å². The standard InChI is InChI=1S/C17H14O2/c18-17-13-7-3-4-8-14(13)19-15-10-9-11-5-1-2-6-12(11)16(15)17/h1-2,5-6,9-10H,3-4,7-8H2. The van der Waals surface area contributed by atoms with E-state index >= 15 is 0 Å². The molecule has 0 radical (unpaired) electrons. The van der Waals surface area contributed by atoms with E-state index in [-0.39, 0.29) is 5.43 Å². The lowest BCUT2D eigenvalue weighted by molar-refractivity contribution is 0.487. The summed E-state index contributed by atoms with van der Waals surface area (Å²) in [7, 11) is 0. The van der Waals surface area contributed by atoms with Crippen LogP contribution < -0.4 is 5.43 Å². The van der Waals surface area contributed by atoms with Crippen molar-refractivity contribution in [1.82, 2.24) is 0 Å². The molecule has 4 rings (SSSR count). The van der Waals surface area contributed by atoms with E-state index in [2.05, 4.69) is 0 Å². The second kappa shape index (κ2) is 3.95. The Kier molecular flexibility index (Phi) is 2.25. The van der Waals surface area contributed by atoms with Crippen LogP contribution in [-0.2, 0) is 12.8 Å². The first-order valence-electron chi connectivity index (χ1n) is 6.81. The van der Waals surface area contributed by atoms with Gasteiger partial charge in [-0.3, -0.25) is 4.79 Å². The van der Waals surface area contributed by atoms with Gasteiger partial charge < -0.3 is 4.42 Å². The summed E-state index contributed by atoms with van der Waals surface area (Å²) in [5.74, 6) is 0.902. The smallest absolute Gasteiger partial charge is 0.196 e. The molecule has 1 aliphatic carbocycles. The zero-order chi connectivity index (χ0) is 12.8. The summed E-state index contributed by atoms with van der Waals surface area (Å²) in [6.07, 6.45) is 3.97. The molecule has 0 unspecified atom stereocenters. The van der Waals surface area contributed by atoms with Crippen LogP contribution in [0.5, 0.6) is 0 Å². The third-order valence-electron chi connectivity index (χ3n) is 4.04. The number of hydrogen-bond acceptors (Lipinski definition) is 2. The van der Waals surface area contributed by atoms with Crippen molar-refractivity contribution in [2.24, 2.45) is 0 Å². The van der Waals surface area contributed by atoms with Crippen LogP contribution in [0.1, 0.15) is 24.2 Å². The largest absolute Gasteiger partial charge is 0.461 e. The van der Waals surface area contributed by atoms with Crippen LogP contribution in [0.4, 0.5) is 0 Å². The van der Waals surface area contributed by atoms with Crippen molar-refractivity contribution < 1.29 is 4.42 Å². The van der Waals surface area contributed by atoms with Crippen LogP contribution in [0, 0.1) is 0 Å². The van der Waals surface area contributed by atoms with E-state index in [0.29, 0.717) is 0 Å². The molecule has 2 aromatic carbocycles. The zero-order valence-electron chi connectivity index (χ0n) is 10.6. The second-order valence-corrected chi connectivity index (χ2v) is 5.20. The highest BCUT2D eigenvalue weighted by molar-refractivity contribution is 6.05. The lowest BCUT2D eigenvalue weighted by Crippen LogP contribution is -2.16. The fourth-order valence-corrected chi connectivity index (χ4v) is 3.08. The average molecular weight is 250 g/mol. The third-order valence-corrected chi connectivity index (χ3v) is 4.04. The van der Waals surface area contributed by atoms with Gasteiger partial charge in [0.15, 0.2) is 5.43 Å². The number of fused-ring (bicyclic) bond motifs is 4. The van der Waals surface area contributed by atoms with Crippen molar-refractivity contribution in [3.8, 4) is 0 Å². The maximum Gasteiger partial charge on any atom is 0.196 e. The predicted molar refractivity (Wildman–Crippen MR) is 76.6 cm³/mol. The first-order chi connectivity index (χ1) is 9.34. The third kappa shape index (κ3) is 1.53. The minimum Gasteiger partial charge on any atom is -0.461 e. The molecule has 2 heteroatoms. The van der Waals surface area contributed by atoms with Crippen LogP contribution in [-0.4, -0.2) is 0 Å². The lowest BCUT2D eigenvalue weighted by atomic mass is 9.94. The van der Waals surface area contributed by atoms with Gasteiger partial charge in [0.2, 0.25) is 0 Å². The first-order valence-corrected chi connectivity index (χ1v) is 6.81. The molecule has 19 heavy (non-hydrogen) atoms. The minimum atomic E-state index is 0.174. The van der Waals surface area contributed by atoms with Gasteiger partial charge in [-0.25, -0.2) is 0 Å². The zero-order valence-corrected chi connectivity index (χ0v) is 10.6. The summed E-state index contributed by atoms with van der Waals surface area (Å²) in [6.45, 7) is 0. The summed E-state index contributed by atoms with van der Waals surface area (Å²) in [4.78, 5) is 12.7. The Morgan fingerprint density at radius 3 is 2.74 bits per heavy atom. The molecule has 0 N–H and O–H groups in total. The Morgan fingerprint density at radius 2 is 1.79 bits per heavy atom. The van der Waals surface area contributed by atoms with Crippen LogP contribution in [0.15, 0.2) is 45.6 Å². The van der Waals surface area contributed by atoms with Gasteiger partial charge in [0.1, 0.15) is 11.3 Å². The molecular formula is C17H14O2. The Morgan fingerprint density at radius 1 is 0.947 bits per heavy atom. The monoisotopic (exact) mass is 250 g/mol. The summed E-state index contributed by atoms with van der Waals surface area (Å²) >= 11 is 0. The Balaban J connectivity index is 2.22. The Labute approximate surface area is 110 Å². The van der Waals surface area contributed by atoms with Crippen LogP contribution in [0.2, 0.25) is 0 Å². The average Bonchev–Trinajstić information content (AvgIpc) is 2.47. The lowest BCUT2D eigenvalue weighted by Gasteiger charge is -2.15. The normalized spacial score (nSPS) is 14.7. The van der Waals surface area contributed by atoms with Gasteiger partial charge in [-0.2, -0.15) is 0 Å². The van der Waals surface area contributed by atoms with Gasteiger partial charge in [0.05, 0.1) is 5.39 Å². The molecule has 0 amide bonds. The van der Waals surface area contributed by atoms with E-state index in [4.69, 9.17) is 4.42 Å². The van der Waals surface area contributed by atoms with Crippen molar-refractivity contribution in [2.45, 2.75) is 25.7 Å². The van der Waals surface area contributed by atoms with E-state index in [1.165, 1.54) is 0 Å². The molecule has 0 bridgehead atoms. The summed E-state index contributed by atoms with van der Waals surface area (Å²) in [6, 6.07) is 12.0. The van der Waals surface area contributed by atoms with Gasteiger partial charge in [-0.15, -0.1) is 0 Å². The van der Waals surface area contributed by atoms with Gasteiger partial charge >= 0.3 is 0 Å². The van der Waals surface area contributed by atoms with E-state index in [9.17, 15) is 4.79 Å². The van der Waals surface area contributed by atoms with Crippen molar-refractivity contribution in [3.05, 3.63) is 57.9 Å². The number of benzene rings is 2. The highest BCUT2D eigenvalue weighted by Crippen LogP contribution is 2.27. The minimum absolute atomic E-state index is 0.174. The molecule has 0 saturated carbocycles. The van der Waals surface area contributed by atoms with Crippen molar-refractivity contribution in [2.75, 3.05) is 0 Å². The quantitative estimate of drug-likeness (QED) is 0.568. The van der Waals surface area contributed by atoms with E-state index in [1.54, 1.807) is 0 Å². The molecule has 0 atom stereocenters. The maximum atomic E-state index is 12.7. The fourth-order valence-electron chi connectivity index (χ4n) is 3.08. The summed E-state index contributed by atoms with van der Waals surface area (Å²) in [5.41, 5.74) is 1.80. The Bertz CT molecular complexity index is 843. The van der Waals surface area contributed by atoms with Crippen LogP contribution in [0.3, 0.4) is 0 Å². The molecular weight excluding hydrogens is 236 g/mol. The highest BCUT2D eigenvalue weighted by atomic mass is 16.3. The van der Waals surface area contributed by atoms with Gasteiger partial charge in [-0.1, -0.05) is 30.3 Å². The molecule has 1 aliphatic rings. The summed E-state index contributed by atoms with van der Waals surface area (Å²) < 4.78 is 5.97. The van der Waals surface area contributed by atoms with Crippen LogP contribution in [0.25, 0.3) is 21.7 Å². The molecule has 3 aromatic rings. The number of aryl methyl sites for hydroxylation is 1. The molecule has 0 saturated heterocycles. The number of hydrogen-bond donors (Lipinski definition) is 0. The maximum absolute atomic E-state index is 12.7. The van der Waals surface area contributed by atoms with Gasteiger partial charge in [-0.05, 0) is 36.1 Å². The molecule has 1 heterocycles. The van der Waals surface area contributed by atoms with Gasteiger partial charge in [0.25, 0.3) is 0 Å². The molecule has 0 fully saturated rings. The van der Waals surface area contributed by atoms with Crippen molar-refractivity contribution in [1.29, 1.82) is 0 Å². The molecule has 0 spiro atoms. The Hall–Kier alpha value is -2.09. The van der Waals surface area contributed by atoms with E-state index in [0.717, 1.165) is 58.7 Å². The molecule has 94 valence electrons. The first kappa shape index (κ1) is 10.8. The SMILES string of the molecule is O=c1c2c(oc3ccc4ccccc4c13)CCCC2. The highest BCUT2D eigenvalue weighted by Gasteiger charge is 2.18. The second-order valence-electron chi connectivity index (χ2n) is 5.20. The topological polar surface area (TPSA) is 30.2 Å².